The molecule has 0 fully saturated rings. The highest BCUT2D eigenvalue weighted by Crippen LogP contribution is 2.29. The summed E-state index contributed by atoms with van der Waals surface area (Å²) in [6.45, 7) is 7.07. The summed E-state index contributed by atoms with van der Waals surface area (Å²) in [5.41, 5.74) is 7.67. The molecule has 114 valence electrons. The van der Waals surface area contributed by atoms with Crippen LogP contribution in [0.2, 0.25) is 0 Å². The number of hydrogen-bond donors (Lipinski definition) is 1. The van der Waals surface area contributed by atoms with Crippen molar-refractivity contribution in [3.05, 3.63) is 35.7 Å². The molecule has 2 aromatic rings. The van der Waals surface area contributed by atoms with Crippen LogP contribution in [0.5, 0.6) is 0 Å². The van der Waals surface area contributed by atoms with Gasteiger partial charge in [0.15, 0.2) is 0 Å². The fraction of sp³-hybridized carbons (Fsp3) is 0.438. The molecule has 0 unspecified atom stereocenters. The van der Waals surface area contributed by atoms with Crippen LogP contribution in [0.25, 0.3) is 11.3 Å². The van der Waals surface area contributed by atoms with Gasteiger partial charge < -0.3 is 10.3 Å². The molecule has 1 heterocycles. The third-order valence-corrected chi connectivity index (χ3v) is 3.39. The fourth-order valence-electron chi connectivity index (χ4n) is 2.35. The quantitative estimate of drug-likeness (QED) is 0.893. The van der Waals surface area contributed by atoms with E-state index in [9.17, 15) is 8.78 Å². The van der Waals surface area contributed by atoms with E-state index in [1.165, 1.54) is 12.1 Å². The lowest BCUT2D eigenvalue weighted by Gasteiger charge is -2.11. The predicted molar refractivity (Wildman–Crippen MR) is 81.2 cm³/mol. The highest BCUT2D eigenvalue weighted by molar-refractivity contribution is 5.71. The lowest BCUT2D eigenvalue weighted by Crippen LogP contribution is -2.10. The number of nitrogens with zero attached hydrogens (tertiary/aromatic N) is 2. The summed E-state index contributed by atoms with van der Waals surface area (Å²) in [6, 6.07) is 6.15. The van der Waals surface area contributed by atoms with Gasteiger partial charge in [-0.15, -0.1) is 0 Å². The van der Waals surface area contributed by atoms with Crippen LogP contribution in [0, 0.1) is 5.92 Å². The molecule has 0 amide bonds. The monoisotopic (exact) mass is 293 g/mol. The van der Waals surface area contributed by atoms with Crippen LogP contribution in [-0.4, -0.2) is 9.55 Å². The van der Waals surface area contributed by atoms with Crippen molar-refractivity contribution in [1.82, 2.24) is 9.55 Å². The summed E-state index contributed by atoms with van der Waals surface area (Å²) in [7, 11) is 0. The Labute approximate surface area is 123 Å². The number of nitrogen functional groups attached to an aromatic ring is 1. The van der Waals surface area contributed by atoms with E-state index in [0.717, 1.165) is 24.4 Å². The van der Waals surface area contributed by atoms with Crippen molar-refractivity contribution in [2.24, 2.45) is 5.92 Å². The van der Waals surface area contributed by atoms with Crippen LogP contribution in [0.1, 0.15) is 38.6 Å². The predicted octanol–water partition coefficient (Wildman–Crippen LogP) is 4.29. The molecule has 0 aliphatic heterocycles. The van der Waals surface area contributed by atoms with Gasteiger partial charge in [0.25, 0.3) is 6.43 Å². The first-order valence-electron chi connectivity index (χ1n) is 7.17. The molecular formula is C16H21F2N3. The summed E-state index contributed by atoms with van der Waals surface area (Å²) in [5.74, 6) is 1.99. The third-order valence-electron chi connectivity index (χ3n) is 3.39. The molecule has 2 N–H and O–H groups in total. The Bertz CT molecular complexity index is 601. The molecule has 0 spiro atoms. The lowest BCUT2D eigenvalue weighted by atomic mass is 10.1. The Kier molecular flexibility index (Phi) is 4.60. The van der Waals surface area contributed by atoms with Crippen molar-refractivity contribution in [2.75, 3.05) is 5.73 Å². The minimum absolute atomic E-state index is 0.00893. The second-order valence-electron chi connectivity index (χ2n) is 5.54. The zero-order valence-corrected chi connectivity index (χ0v) is 12.6. The molecule has 2 rings (SSSR count). The molecule has 1 aromatic heterocycles. The summed E-state index contributed by atoms with van der Waals surface area (Å²) in [6.07, 6.45) is -1.67. The van der Waals surface area contributed by atoms with E-state index in [1.807, 2.05) is 11.5 Å². The van der Waals surface area contributed by atoms with Gasteiger partial charge in [-0.05, 0) is 5.92 Å². The van der Waals surface area contributed by atoms with Crippen molar-refractivity contribution in [3.8, 4) is 11.3 Å². The molecule has 0 atom stereocenters. The Morgan fingerprint density at radius 3 is 2.29 bits per heavy atom. The molecule has 0 bridgehead atoms. The molecule has 3 nitrogen and oxygen atoms in total. The maximum Gasteiger partial charge on any atom is 0.263 e. The number of halogens is 2. The number of hydrogen-bond acceptors (Lipinski definition) is 2. The number of aromatic nitrogens is 2. The number of aryl methyl sites for hydroxylation is 1. The number of nitrogens with two attached hydrogens (primary N) is 1. The van der Waals surface area contributed by atoms with Gasteiger partial charge in [0.2, 0.25) is 0 Å². The van der Waals surface area contributed by atoms with Gasteiger partial charge in [-0.25, -0.2) is 13.8 Å². The lowest BCUT2D eigenvalue weighted by molar-refractivity contribution is 0.151. The molecule has 21 heavy (non-hydrogen) atoms. The standard InChI is InChI=1S/C16H21F2N3/c1-4-13-20-14(16(19)21(13)9-10(2)3)11-5-7-12(8-6-11)15(17)18/h5-8,10,15H,4,9,19H2,1-3H3. The zero-order chi connectivity index (χ0) is 15.6. The fourth-order valence-corrected chi connectivity index (χ4v) is 2.35. The van der Waals surface area contributed by atoms with E-state index in [1.54, 1.807) is 12.1 Å². The van der Waals surface area contributed by atoms with Gasteiger partial charge in [0.1, 0.15) is 17.3 Å². The molecule has 1 aromatic carbocycles. The number of benzene rings is 1. The average molecular weight is 293 g/mol. The largest absolute Gasteiger partial charge is 0.383 e. The molecule has 0 aliphatic carbocycles. The molecule has 0 radical (unpaired) electrons. The van der Waals surface area contributed by atoms with Crippen LogP contribution in [0.15, 0.2) is 24.3 Å². The van der Waals surface area contributed by atoms with Crippen LogP contribution < -0.4 is 5.73 Å². The van der Waals surface area contributed by atoms with Crippen molar-refractivity contribution >= 4 is 5.82 Å². The SMILES string of the molecule is CCc1nc(-c2ccc(C(F)F)cc2)c(N)n1CC(C)C. The zero-order valence-electron chi connectivity index (χ0n) is 12.6. The van der Waals surface area contributed by atoms with E-state index in [-0.39, 0.29) is 5.56 Å². The summed E-state index contributed by atoms with van der Waals surface area (Å²) >= 11 is 0. The maximum atomic E-state index is 12.6. The number of imidazole rings is 1. The molecule has 0 saturated carbocycles. The van der Waals surface area contributed by atoms with Gasteiger partial charge in [-0.1, -0.05) is 45.0 Å². The maximum absolute atomic E-state index is 12.6. The molecule has 5 heteroatoms. The van der Waals surface area contributed by atoms with Crippen LogP contribution in [0.3, 0.4) is 0 Å². The highest BCUT2D eigenvalue weighted by Gasteiger charge is 2.16. The summed E-state index contributed by atoms with van der Waals surface area (Å²) in [4.78, 5) is 4.58. The van der Waals surface area contributed by atoms with Gasteiger partial charge in [0.05, 0.1) is 0 Å². The van der Waals surface area contributed by atoms with Crippen LogP contribution >= 0.6 is 0 Å². The Morgan fingerprint density at radius 2 is 1.81 bits per heavy atom. The second-order valence-corrected chi connectivity index (χ2v) is 5.54. The molecule has 0 aliphatic rings. The van der Waals surface area contributed by atoms with Gasteiger partial charge >= 0.3 is 0 Å². The first-order valence-corrected chi connectivity index (χ1v) is 7.17. The van der Waals surface area contributed by atoms with Crippen LogP contribution in [0.4, 0.5) is 14.6 Å². The normalized spacial score (nSPS) is 11.6. The summed E-state index contributed by atoms with van der Waals surface area (Å²) in [5, 5.41) is 0. The molecular weight excluding hydrogens is 272 g/mol. The highest BCUT2D eigenvalue weighted by atomic mass is 19.3. The number of rotatable bonds is 5. The van der Waals surface area contributed by atoms with Gasteiger partial charge in [-0.3, -0.25) is 0 Å². The number of anilines is 1. The van der Waals surface area contributed by atoms with E-state index in [2.05, 4.69) is 18.8 Å². The van der Waals surface area contributed by atoms with E-state index in [4.69, 9.17) is 5.73 Å². The minimum Gasteiger partial charge on any atom is -0.383 e. The minimum atomic E-state index is -2.46. The Morgan fingerprint density at radius 1 is 1.19 bits per heavy atom. The number of alkyl halides is 2. The van der Waals surface area contributed by atoms with Crippen LogP contribution in [-0.2, 0) is 13.0 Å². The van der Waals surface area contributed by atoms with E-state index >= 15 is 0 Å². The van der Waals surface area contributed by atoms with E-state index in [0.29, 0.717) is 17.4 Å². The first-order chi connectivity index (χ1) is 9.93. The van der Waals surface area contributed by atoms with Crippen molar-refractivity contribution < 1.29 is 8.78 Å². The van der Waals surface area contributed by atoms with Crippen molar-refractivity contribution in [1.29, 1.82) is 0 Å². The smallest absolute Gasteiger partial charge is 0.263 e. The summed E-state index contributed by atoms with van der Waals surface area (Å²) < 4.78 is 27.2. The van der Waals surface area contributed by atoms with Gasteiger partial charge in [-0.2, -0.15) is 0 Å². The first kappa shape index (κ1) is 15.5. The topological polar surface area (TPSA) is 43.8 Å². The third kappa shape index (κ3) is 3.23. The Hall–Kier alpha value is -1.91. The second kappa shape index (κ2) is 6.24. The van der Waals surface area contributed by atoms with Crippen molar-refractivity contribution in [3.63, 3.8) is 0 Å². The average Bonchev–Trinajstić information content (AvgIpc) is 2.75. The Balaban J connectivity index is 2.41. The van der Waals surface area contributed by atoms with Gasteiger partial charge in [0, 0.05) is 24.1 Å². The van der Waals surface area contributed by atoms with E-state index < -0.39 is 6.43 Å². The molecule has 0 saturated heterocycles. The van der Waals surface area contributed by atoms with Crippen molar-refractivity contribution in [2.45, 2.75) is 40.2 Å².